The maximum absolute atomic E-state index is 12.9. The molecule has 0 aliphatic carbocycles. The summed E-state index contributed by atoms with van der Waals surface area (Å²) in [6, 6.07) is 2.40. The van der Waals surface area contributed by atoms with E-state index in [2.05, 4.69) is 15.9 Å². The van der Waals surface area contributed by atoms with Crippen LogP contribution in [0.1, 0.15) is 10.4 Å². The van der Waals surface area contributed by atoms with E-state index in [0.29, 0.717) is 4.47 Å². The van der Waals surface area contributed by atoms with Gasteiger partial charge < -0.3 is 10.8 Å². The largest absolute Gasteiger partial charge is 0.504 e. The van der Waals surface area contributed by atoms with Gasteiger partial charge in [-0.15, -0.1) is 0 Å². The Balaban J connectivity index is 3.28. The molecule has 0 amide bonds. The molecule has 13 heavy (non-hydrogen) atoms. The Hall–Kier alpha value is -0.940. The van der Waals surface area contributed by atoms with Crippen molar-refractivity contribution in [2.45, 2.75) is 0 Å². The molecule has 1 aromatic carbocycles. The molecule has 0 fully saturated rings. The van der Waals surface area contributed by atoms with E-state index >= 15 is 0 Å². The fraction of sp³-hybridized carbons (Fsp3) is 0.125. The zero-order valence-electron chi connectivity index (χ0n) is 6.55. The molecule has 1 rings (SSSR count). The minimum absolute atomic E-state index is 0.102. The third kappa shape index (κ3) is 2.05. The number of nitrogens with two attached hydrogens (primary N) is 1. The lowest BCUT2D eigenvalue weighted by Gasteiger charge is -2.03. The van der Waals surface area contributed by atoms with Crippen LogP contribution in [0.2, 0.25) is 0 Å². The molecular weight excluding hydrogens is 241 g/mol. The van der Waals surface area contributed by atoms with Crippen molar-refractivity contribution >= 4 is 21.7 Å². The van der Waals surface area contributed by atoms with Crippen LogP contribution in [-0.2, 0) is 0 Å². The van der Waals surface area contributed by atoms with Gasteiger partial charge in [-0.3, -0.25) is 4.79 Å². The summed E-state index contributed by atoms with van der Waals surface area (Å²) < 4.78 is 13.3. The van der Waals surface area contributed by atoms with Crippen molar-refractivity contribution in [3.63, 3.8) is 0 Å². The zero-order valence-corrected chi connectivity index (χ0v) is 8.14. The van der Waals surface area contributed by atoms with Crippen molar-refractivity contribution in [1.29, 1.82) is 0 Å². The standard InChI is InChI=1S/C8H7BrFNO2/c9-4-1-5(7(12)3-11)8(13)6(10)2-4/h1-2,13H,3,11H2. The first-order chi connectivity index (χ1) is 6.06. The number of benzene rings is 1. The fourth-order valence-corrected chi connectivity index (χ4v) is 1.32. The van der Waals surface area contributed by atoms with Crippen molar-refractivity contribution in [3.05, 3.63) is 28.0 Å². The topological polar surface area (TPSA) is 63.3 Å². The molecule has 0 saturated heterocycles. The van der Waals surface area contributed by atoms with Crippen LogP contribution < -0.4 is 5.73 Å². The highest BCUT2D eigenvalue weighted by atomic mass is 79.9. The number of carbonyl (C=O) groups is 1. The van der Waals surface area contributed by atoms with E-state index in [1.54, 1.807) is 0 Å². The summed E-state index contributed by atoms with van der Waals surface area (Å²) in [5.41, 5.74) is 4.97. The molecule has 0 atom stereocenters. The van der Waals surface area contributed by atoms with E-state index in [4.69, 9.17) is 10.8 Å². The molecule has 3 nitrogen and oxygen atoms in total. The number of ketones is 1. The lowest BCUT2D eigenvalue weighted by molar-refractivity contribution is 0.0998. The summed E-state index contributed by atoms with van der Waals surface area (Å²) in [5, 5.41) is 9.15. The Kier molecular flexibility index (Phi) is 3.00. The highest BCUT2D eigenvalue weighted by Crippen LogP contribution is 2.25. The fourth-order valence-electron chi connectivity index (χ4n) is 0.888. The summed E-state index contributed by atoms with van der Waals surface area (Å²) in [6.45, 7) is -0.260. The minimum Gasteiger partial charge on any atom is -0.504 e. The molecule has 70 valence electrons. The predicted octanol–water partition coefficient (Wildman–Crippen LogP) is 1.44. The van der Waals surface area contributed by atoms with Gasteiger partial charge in [0, 0.05) is 4.47 Å². The molecule has 0 aliphatic rings. The van der Waals surface area contributed by atoms with Crippen LogP contribution in [0.15, 0.2) is 16.6 Å². The van der Waals surface area contributed by atoms with Gasteiger partial charge in [0.2, 0.25) is 0 Å². The number of phenols is 1. The Bertz CT molecular complexity index is 354. The lowest BCUT2D eigenvalue weighted by Crippen LogP contribution is -2.14. The average Bonchev–Trinajstić information content (AvgIpc) is 2.10. The third-order valence-corrected chi connectivity index (χ3v) is 1.97. The van der Waals surface area contributed by atoms with E-state index < -0.39 is 17.3 Å². The molecule has 0 bridgehead atoms. The SMILES string of the molecule is NCC(=O)c1cc(Br)cc(F)c1O. The Morgan fingerprint density at radius 1 is 1.62 bits per heavy atom. The second-order valence-electron chi connectivity index (χ2n) is 2.41. The van der Waals surface area contributed by atoms with Crippen LogP contribution >= 0.6 is 15.9 Å². The quantitative estimate of drug-likeness (QED) is 0.778. The van der Waals surface area contributed by atoms with Gasteiger partial charge in [0.15, 0.2) is 17.3 Å². The van der Waals surface area contributed by atoms with Gasteiger partial charge >= 0.3 is 0 Å². The summed E-state index contributed by atoms with van der Waals surface area (Å²) in [7, 11) is 0. The van der Waals surface area contributed by atoms with E-state index in [0.717, 1.165) is 6.07 Å². The molecule has 1 aromatic rings. The van der Waals surface area contributed by atoms with E-state index in [9.17, 15) is 9.18 Å². The van der Waals surface area contributed by atoms with Gasteiger partial charge in [-0.2, -0.15) is 0 Å². The molecule has 0 saturated carbocycles. The summed E-state index contributed by atoms with van der Waals surface area (Å²) in [6.07, 6.45) is 0. The number of carbonyl (C=O) groups excluding carboxylic acids is 1. The Labute approximate surface area is 82.5 Å². The summed E-state index contributed by atoms with van der Waals surface area (Å²) in [4.78, 5) is 11.1. The Morgan fingerprint density at radius 3 is 2.77 bits per heavy atom. The second kappa shape index (κ2) is 3.85. The molecule has 0 aromatic heterocycles. The van der Waals surface area contributed by atoms with Crippen LogP contribution in [0.5, 0.6) is 5.75 Å². The maximum Gasteiger partial charge on any atom is 0.180 e. The Morgan fingerprint density at radius 2 is 2.23 bits per heavy atom. The maximum atomic E-state index is 12.9. The number of aromatic hydroxyl groups is 1. The molecule has 5 heteroatoms. The van der Waals surface area contributed by atoms with Gasteiger partial charge in [-0.05, 0) is 12.1 Å². The predicted molar refractivity (Wildman–Crippen MR) is 49.1 cm³/mol. The van der Waals surface area contributed by atoms with Gasteiger partial charge in [-0.1, -0.05) is 15.9 Å². The molecule has 0 spiro atoms. The van der Waals surface area contributed by atoms with Crippen LogP contribution in [0, 0.1) is 5.82 Å². The second-order valence-corrected chi connectivity index (χ2v) is 3.33. The highest BCUT2D eigenvalue weighted by Gasteiger charge is 2.14. The number of phenolic OH excluding ortho intramolecular Hbond substituents is 1. The smallest absolute Gasteiger partial charge is 0.180 e. The van der Waals surface area contributed by atoms with Gasteiger partial charge in [0.25, 0.3) is 0 Å². The average molecular weight is 248 g/mol. The van der Waals surface area contributed by atoms with Gasteiger partial charge in [0.05, 0.1) is 12.1 Å². The van der Waals surface area contributed by atoms with Crippen molar-refractivity contribution in [2.24, 2.45) is 5.73 Å². The molecular formula is C8H7BrFNO2. The van der Waals surface area contributed by atoms with Crippen molar-refractivity contribution in [1.82, 2.24) is 0 Å². The van der Waals surface area contributed by atoms with Crippen LogP contribution in [0.3, 0.4) is 0 Å². The first-order valence-corrected chi connectivity index (χ1v) is 4.27. The van der Waals surface area contributed by atoms with Crippen molar-refractivity contribution in [2.75, 3.05) is 6.54 Å². The molecule has 0 unspecified atom stereocenters. The molecule has 0 aliphatic heterocycles. The number of hydrogen-bond donors (Lipinski definition) is 2. The van der Waals surface area contributed by atoms with Crippen molar-refractivity contribution < 1.29 is 14.3 Å². The zero-order chi connectivity index (χ0) is 10.0. The molecule has 3 N–H and O–H groups in total. The summed E-state index contributed by atoms with van der Waals surface area (Å²) in [5.74, 6) is -2.00. The highest BCUT2D eigenvalue weighted by molar-refractivity contribution is 9.10. The minimum atomic E-state index is -0.842. The first kappa shape index (κ1) is 10.1. The third-order valence-electron chi connectivity index (χ3n) is 1.51. The monoisotopic (exact) mass is 247 g/mol. The number of halogens is 2. The molecule has 0 heterocycles. The number of hydrogen-bond acceptors (Lipinski definition) is 3. The van der Waals surface area contributed by atoms with Crippen molar-refractivity contribution in [3.8, 4) is 5.75 Å². The number of rotatable bonds is 2. The van der Waals surface area contributed by atoms with Gasteiger partial charge in [-0.25, -0.2) is 4.39 Å². The van der Waals surface area contributed by atoms with E-state index in [-0.39, 0.29) is 12.1 Å². The van der Waals surface area contributed by atoms with E-state index in [1.165, 1.54) is 6.07 Å². The lowest BCUT2D eigenvalue weighted by atomic mass is 10.1. The van der Waals surface area contributed by atoms with Gasteiger partial charge in [0.1, 0.15) is 0 Å². The van der Waals surface area contributed by atoms with Crippen LogP contribution in [0.25, 0.3) is 0 Å². The summed E-state index contributed by atoms with van der Waals surface area (Å²) >= 11 is 3.00. The molecule has 0 radical (unpaired) electrons. The normalized spacial score (nSPS) is 10.1. The van der Waals surface area contributed by atoms with E-state index in [1.807, 2.05) is 0 Å². The first-order valence-electron chi connectivity index (χ1n) is 3.47. The number of Topliss-reactive ketones (excluding diaryl/α,β-unsaturated/α-hetero) is 1. The van der Waals surface area contributed by atoms with Crippen LogP contribution in [0.4, 0.5) is 4.39 Å². The van der Waals surface area contributed by atoms with Crippen LogP contribution in [-0.4, -0.2) is 17.4 Å².